The van der Waals surface area contributed by atoms with E-state index >= 15 is 0 Å². The number of aromatic nitrogens is 1. The number of amides is 3. The average molecular weight is 425 g/mol. The van der Waals surface area contributed by atoms with Crippen LogP contribution in [0.2, 0.25) is 0 Å². The molecule has 1 aliphatic heterocycles. The lowest BCUT2D eigenvalue weighted by molar-refractivity contribution is -0.133. The smallest absolute Gasteiger partial charge is 0.241 e. The van der Waals surface area contributed by atoms with Crippen LogP contribution in [0.15, 0.2) is 36.4 Å². The van der Waals surface area contributed by atoms with Crippen molar-refractivity contribution in [3.05, 3.63) is 47.8 Å². The van der Waals surface area contributed by atoms with E-state index in [9.17, 15) is 14.4 Å². The fourth-order valence-electron chi connectivity index (χ4n) is 3.63. The number of likely N-dealkylation sites (tertiary alicyclic amines) is 1. The molecule has 1 aromatic heterocycles. The van der Waals surface area contributed by atoms with Gasteiger partial charge in [-0.15, -0.1) is 0 Å². The van der Waals surface area contributed by atoms with Gasteiger partial charge in [0.2, 0.25) is 17.7 Å². The normalized spacial score (nSPS) is 15.8. The maximum Gasteiger partial charge on any atom is 0.241 e. The molecule has 0 bridgehead atoms. The van der Waals surface area contributed by atoms with Gasteiger partial charge in [-0.2, -0.15) is 0 Å². The quantitative estimate of drug-likeness (QED) is 0.743. The van der Waals surface area contributed by atoms with Crippen molar-refractivity contribution in [3.8, 4) is 11.5 Å². The van der Waals surface area contributed by atoms with Gasteiger partial charge in [-0.3, -0.25) is 19.4 Å². The minimum absolute atomic E-state index is 0.0200. The summed E-state index contributed by atoms with van der Waals surface area (Å²) >= 11 is 0. The van der Waals surface area contributed by atoms with E-state index in [0.29, 0.717) is 30.3 Å². The number of ether oxygens (including phenoxy) is 1. The lowest BCUT2D eigenvalue weighted by Gasteiger charge is -2.32. The molecule has 2 N–H and O–H groups in total. The van der Waals surface area contributed by atoms with Gasteiger partial charge in [-0.05, 0) is 44.0 Å². The molecule has 0 unspecified atom stereocenters. The molecular formula is C23H28N4O4. The van der Waals surface area contributed by atoms with Gasteiger partial charge < -0.3 is 20.3 Å². The average Bonchev–Trinajstić information content (AvgIpc) is 2.72. The molecule has 3 amide bonds. The zero-order chi connectivity index (χ0) is 22.4. The van der Waals surface area contributed by atoms with Crippen LogP contribution in [0.25, 0.3) is 0 Å². The number of piperidine rings is 1. The summed E-state index contributed by atoms with van der Waals surface area (Å²) in [4.78, 5) is 41.1. The van der Waals surface area contributed by atoms with E-state index in [2.05, 4.69) is 15.6 Å². The highest BCUT2D eigenvalue weighted by molar-refractivity contribution is 5.88. The summed E-state index contributed by atoms with van der Waals surface area (Å²) < 4.78 is 6.01. The number of anilines is 1. The van der Waals surface area contributed by atoms with Gasteiger partial charge in [-0.1, -0.05) is 0 Å². The van der Waals surface area contributed by atoms with E-state index in [-0.39, 0.29) is 30.2 Å². The van der Waals surface area contributed by atoms with Gasteiger partial charge in [0.15, 0.2) is 0 Å². The Bertz CT molecular complexity index is 959. The Balaban J connectivity index is 1.69. The molecule has 3 rings (SSSR count). The van der Waals surface area contributed by atoms with E-state index in [1.807, 2.05) is 19.1 Å². The van der Waals surface area contributed by atoms with Crippen LogP contribution in [0.4, 0.5) is 5.69 Å². The molecule has 31 heavy (non-hydrogen) atoms. The zero-order valence-electron chi connectivity index (χ0n) is 18.1. The first kappa shape index (κ1) is 22.3. The van der Waals surface area contributed by atoms with Crippen LogP contribution >= 0.6 is 0 Å². The zero-order valence-corrected chi connectivity index (χ0v) is 18.1. The highest BCUT2D eigenvalue weighted by atomic mass is 16.5. The third kappa shape index (κ3) is 6.53. The molecule has 0 saturated carbocycles. The van der Waals surface area contributed by atoms with Crippen molar-refractivity contribution >= 4 is 23.4 Å². The van der Waals surface area contributed by atoms with Crippen LogP contribution in [0.1, 0.15) is 44.0 Å². The largest absolute Gasteiger partial charge is 0.457 e. The van der Waals surface area contributed by atoms with Gasteiger partial charge in [0.1, 0.15) is 11.5 Å². The number of pyridine rings is 1. The maximum atomic E-state index is 12.4. The van der Waals surface area contributed by atoms with Crippen molar-refractivity contribution in [3.63, 3.8) is 0 Å². The molecule has 0 aliphatic carbocycles. The molecule has 8 heteroatoms. The third-order valence-corrected chi connectivity index (χ3v) is 5.04. The summed E-state index contributed by atoms with van der Waals surface area (Å²) in [6.45, 7) is 6.05. The summed E-state index contributed by atoms with van der Waals surface area (Å²) in [6, 6.07) is 10.9. The molecule has 1 fully saturated rings. The minimum Gasteiger partial charge on any atom is -0.457 e. The molecule has 1 atom stereocenters. The second-order valence-electron chi connectivity index (χ2n) is 7.77. The monoisotopic (exact) mass is 424 g/mol. The van der Waals surface area contributed by atoms with Gasteiger partial charge in [-0.25, -0.2) is 0 Å². The summed E-state index contributed by atoms with van der Waals surface area (Å²) in [6.07, 6.45) is 1.82. The Labute approximate surface area is 182 Å². The van der Waals surface area contributed by atoms with E-state index in [4.69, 9.17) is 4.74 Å². The predicted octanol–water partition coefficient (Wildman–Crippen LogP) is 2.98. The topological polar surface area (TPSA) is 101 Å². The molecule has 2 aromatic rings. The third-order valence-electron chi connectivity index (χ3n) is 5.04. The van der Waals surface area contributed by atoms with Gasteiger partial charge in [0, 0.05) is 62.1 Å². The standard InChI is InChI=1S/C23H28N4O4/c1-15-11-21(31-20-8-6-19(7-9-20)26-17(3)29)12-22(25-15)18-5-4-10-27(14-18)23(30)13-24-16(2)28/h6-9,11-12,18H,4-5,10,13-14H2,1-3H3,(H,24,28)(H,26,29)/t18-/m1/s1. The van der Waals surface area contributed by atoms with E-state index in [1.165, 1.54) is 13.8 Å². The van der Waals surface area contributed by atoms with Gasteiger partial charge in [0.05, 0.1) is 6.54 Å². The number of hydrogen-bond acceptors (Lipinski definition) is 5. The van der Waals surface area contributed by atoms with E-state index < -0.39 is 0 Å². The van der Waals surface area contributed by atoms with Crippen molar-refractivity contribution < 1.29 is 19.1 Å². The second kappa shape index (κ2) is 10.1. The molecule has 0 spiro atoms. The minimum atomic E-state index is -0.214. The molecule has 2 heterocycles. The van der Waals surface area contributed by atoms with Crippen LogP contribution in [0, 0.1) is 6.92 Å². The first-order valence-corrected chi connectivity index (χ1v) is 10.4. The van der Waals surface area contributed by atoms with Crippen LogP contribution in [0.3, 0.4) is 0 Å². The fourth-order valence-corrected chi connectivity index (χ4v) is 3.63. The lowest BCUT2D eigenvalue weighted by Crippen LogP contribution is -2.44. The van der Waals surface area contributed by atoms with Crippen LogP contribution in [0.5, 0.6) is 11.5 Å². The van der Waals surface area contributed by atoms with Crippen molar-refractivity contribution in [2.24, 2.45) is 0 Å². The molecular weight excluding hydrogens is 396 g/mol. The number of hydrogen-bond donors (Lipinski definition) is 2. The number of carbonyl (C=O) groups excluding carboxylic acids is 3. The molecule has 8 nitrogen and oxygen atoms in total. The number of carbonyl (C=O) groups is 3. The van der Waals surface area contributed by atoms with Crippen LogP contribution in [-0.2, 0) is 14.4 Å². The molecule has 1 aromatic carbocycles. The van der Waals surface area contributed by atoms with Crippen molar-refractivity contribution in [1.82, 2.24) is 15.2 Å². The van der Waals surface area contributed by atoms with Gasteiger partial charge in [0.25, 0.3) is 0 Å². The summed E-state index contributed by atoms with van der Waals surface area (Å²) in [7, 11) is 0. The Morgan fingerprint density at radius 3 is 2.52 bits per heavy atom. The Morgan fingerprint density at radius 2 is 1.84 bits per heavy atom. The molecule has 1 aliphatic rings. The highest BCUT2D eigenvalue weighted by Crippen LogP contribution is 2.30. The summed E-state index contributed by atoms with van der Waals surface area (Å²) in [5, 5.41) is 5.29. The maximum absolute atomic E-state index is 12.4. The number of nitrogens with zero attached hydrogens (tertiary/aromatic N) is 2. The number of aryl methyl sites for hydroxylation is 1. The lowest BCUT2D eigenvalue weighted by atomic mass is 9.94. The Morgan fingerprint density at radius 1 is 1.10 bits per heavy atom. The van der Waals surface area contributed by atoms with E-state index in [0.717, 1.165) is 24.2 Å². The van der Waals surface area contributed by atoms with Crippen molar-refractivity contribution in [2.45, 2.75) is 39.5 Å². The number of benzene rings is 1. The summed E-state index contributed by atoms with van der Waals surface area (Å²) in [5.41, 5.74) is 2.43. The fraction of sp³-hybridized carbons (Fsp3) is 0.391. The molecule has 164 valence electrons. The van der Waals surface area contributed by atoms with Crippen LogP contribution < -0.4 is 15.4 Å². The predicted molar refractivity (Wildman–Crippen MR) is 117 cm³/mol. The van der Waals surface area contributed by atoms with Crippen molar-refractivity contribution in [1.29, 1.82) is 0 Å². The van der Waals surface area contributed by atoms with E-state index in [1.54, 1.807) is 29.2 Å². The first-order chi connectivity index (χ1) is 14.8. The van der Waals surface area contributed by atoms with Crippen LogP contribution in [-0.4, -0.2) is 47.2 Å². The molecule has 1 saturated heterocycles. The number of rotatable bonds is 6. The first-order valence-electron chi connectivity index (χ1n) is 10.4. The summed E-state index contributed by atoms with van der Waals surface area (Å²) in [5.74, 6) is 1.02. The second-order valence-corrected chi connectivity index (χ2v) is 7.77. The highest BCUT2D eigenvalue weighted by Gasteiger charge is 2.26. The molecule has 0 radical (unpaired) electrons. The SMILES string of the molecule is CC(=O)NCC(=O)N1CCC[C@@H](c2cc(Oc3ccc(NC(C)=O)cc3)cc(C)n2)C1. The van der Waals surface area contributed by atoms with Crippen molar-refractivity contribution in [2.75, 3.05) is 25.0 Å². The number of nitrogens with one attached hydrogen (secondary N) is 2. The Hall–Kier alpha value is -3.42. The van der Waals surface area contributed by atoms with Gasteiger partial charge >= 0.3 is 0 Å². The Kier molecular flexibility index (Phi) is 7.23.